The van der Waals surface area contributed by atoms with E-state index in [1.807, 2.05) is 0 Å². The first-order valence-corrected chi connectivity index (χ1v) is 16.9. The zero-order valence-corrected chi connectivity index (χ0v) is 28.3. The predicted octanol–water partition coefficient (Wildman–Crippen LogP) is 0.371. The van der Waals surface area contributed by atoms with Crippen molar-refractivity contribution in [2.45, 2.75) is 31.7 Å². The van der Waals surface area contributed by atoms with Gasteiger partial charge in [0.2, 0.25) is 11.8 Å². The molecule has 0 aromatic heterocycles. The molecular weight excluding hydrogens is 644 g/mol. The van der Waals surface area contributed by atoms with Crippen LogP contribution in [0.1, 0.15) is 46.4 Å². The highest BCUT2D eigenvalue weighted by molar-refractivity contribution is 6.25. The second-order valence-corrected chi connectivity index (χ2v) is 11.0. The summed E-state index contributed by atoms with van der Waals surface area (Å²) >= 11 is 0. The van der Waals surface area contributed by atoms with Gasteiger partial charge >= 0.3 is 0 Å². The molecule has 0 radical (unpaired) electrons. The van der Waals surface area contributed by atoms with Crippen molar-refractivity contribution in [1.29, 1.82) is 0 Å². The van der Waals surface area contributed by atoms with Crippen molar-refractivity contribution in [3.8, 4) is 0 Å². The van der Waals surface area contributed by atoms with E-state index in [1.54, 1.807) is 18.2 Å². The second-order valence-electron chi connectivity index (χ2n) is 11.0. The zero-order valence-electron chi connectivity index (χ0n) is 28.3. The fourth-order valence-corrected chi connectivity index (χ4v) is 4.91. The first-order chi connectivity index (χ1) is 24.0. The lowest BCUT2D eigenvalue weighted by Crippen LogP contribution is -2.54. The van der Waals surface area contributed by atoms with Crippen LogP contribution in [-0.4, -0.2) is 153 Å². The Bertz CT molecular complexity index is 1140. The molecule has 1 fully saturated rings. The van der Waals surface area contributed by atoms with E-state index in [0.717, 1.165) is 24.3 Å². The van der Waals surface area contributed by atoms with Gasteiger partial charge in [0.25, 0.3) is 11.8 Å². The van der Waals surface area contributed by atoms with E-state index in [4.69, 9.17) is 43.6 Å². The number of nitrogens with two attached hydrogens (primary N) is 1. The number of ether oxygens (including phenoxy) is 8. The molecule has 1 aromatic rings. The molecule has 0 aliphatic carbocycles. The van der Waals surface area contributed by atoms with E-state index >= 15 is 0 Å². The molecule has 16 heteroatoms. The first-order valence-electron chi connectivity index (χ1n) is 16.9. The molecule has 4 N–H and O–H groups in total. The van der Waals surface area contributed by atoms with Crippen LogP contribution in [0.4, 0.5) is 5.69 Å². The third kappa shape index (κ3) is 15.2. The van der Waals surface area contributed by atoms with Gasteiger partial charge in [-0.15, -0.1) is 0 Å². The lowest BCUT2D eigenvalue weighted by molar-refractivity contribution is -0.136. The molecule has 1 atom stereocenters. The number of benzene rings is 1. The number of imide groups is 2. The van der Waals surface area contributed by atoms with Crippen LogP contribution in [0.2, 0.25) is 0 Å². The zero-order chi connectivity index (χ0) is 34.9. The number of amides is 4. The number of hydrogen-bond donors (Lipinski definition) is 3. The van der Waals surface area contributed by atoms with Gasteiger partial charge in [-0.05, 0) is 37.9 Å². The fraction of sp³-hybridized carbons (Fsp3) is 0.697. The van der Waals surface area contributed by atoms with Crippen LogP contribution < -0.4 is 16.4 Å². The number of hydrogen-bond acceptors (Lipinski definition) is 14. The molecular formula is C33H52N4O12. The Kier molecular flexibility index (Phi) is 20.6. The van der Waals surface area contributed by atoms with Gasteiger partial charge in [0.05, 0.1) is 110 Å². The van der Waals surface area contributed by atoms with Crippen molar-refractivity contribution >= 4 is 29.3 Å². The van der Waals surface area contributed by atoms with Crippen molar-refractivity contribution < 1.29 is 57.1 Å². The van der Waals surface area contributed by atoms with E-state index in [1.165, 1.54) is 0 Å². The van der Waals surface area contributed by atoms with Crippen molar-refractivity contribution in [3.63, 3.8) is 0 Å². The number of nitrogens with one attached hydrogen (secondary N) is 2. The van der Waals surface area contributed by atoms with E-state index in [0.29, 0.717) is 118 Å². The molecule has 3 rings (SSSR count). The summed E-state index contributed by atoms with van der Waals surface area (Å²) in [5, 5.41) is 5.33. The van der Waals surface area contributed by atoms with Crippen molar-refractivity contribution in [3.05, 3.63) is 29.3 Å². The smallest absolute Gasteiger partial charge is 0.264 e. The molecule has 1 aromatic carbocycles. The molecule has 276 valence electrons. The minimum absolute atomic E-state index is 0.0684. The second kappa shape index (κ2) is 25.0. The maximum absolute atomic E-state index is 13.1. The predicted molar refractivity (Wildman–Crippen MR) is 176 cm³/mol. The lowest BCUT2D eigenvalue weighted by atomic mass is 10.0. The molecule has 49 heavy (non-hydrogen) atoms. The summed E-state index contributed by atoms with van der Waals surface area (Å²) in [6, 6.07) is 3.91. The van der Waals surface area contributed by atoms with Gasteiger partial charge in [0, 0.05) is 25.3 Å². The van der Waals surface area contributed by atoms with Crippen LogP contribution in [0, 0.1) is 0 Å². The molecule has 0 spiro atoms. The van der Waals surface area contributed by atoms with Crippen LogP contribution in [-0.2, 0) is 47.5 Å². The summed E-state index contributed by atoms with van der Waals surface area (Å²) in [6.07, 6.45) is 2.13. The third-order valence-electron chi connectivity index (χ3n) is 7.38. The van der Waals surface area contributed by atoms with Crippen LogP contribution in [0.15, 0.2) is 18.2 Å². The summed E-state index contributed by atoms with van der Waals surface area (Å²) in [5.41, 5.74) is 6.34. The summed E-state index contributed by atoms with van der Waals surface area (Å²) in [6.45, 7) is 8.83. The van der Waals surface area contributed by atoms with Gasteiger partial charge < -0.3 is 48.9 Å². The van der Waals surface area contributed by atoms with Crippen LogP contribution in [0.25, 0.3) is 0 Å². The Morgan fingerprint density at radius 2 is 1.14 bits per heavy atom. The molecule has 1 saturated heterocycles. The average molecular weight is 697 g/mol. The number of anilines is 1. The minimum Gasteiger partial charge on any atom is -0.382 e. The van der Waals surface area contributed by atoms with Crippen molar-refractivity contribution in [1.82, 2.24) is 10.2 Å². The van der Waals surface area contributed by atoms with Gasteiger partial charge in [0.15, 0.2) is 0 Å². The Hall–Kier alpha value is -3.06. The summed E-state index contributed by atoms with van der Waals surface area (Å²) in [4.78, 5) is 50.8. The Balaban J connectivity index is 1.07. The monoisotopic (exact) mass is 696 g/mol. The molecule has 0 bridgehead atoms. The Morgan fingerprint density at radius 1 is 0.653 bits per heavy atom. The number of nitrogens with zero attached hydrogens (tertiary/aromatic N) is 1. The Labute approximate surface area is 287 Å². The van der Waals surface area contributed by atoms with Crippen LogP contribution >= 0.6 is 0 Å². The van der Waals surface area contributed by atoms with E-state index < -0.39 is 29.7 Å². The number of rotatable bonds is 30. The largest absolute Gasteiger partial charge is 0.382 e. The van der Waals surface area contributed by atoms with Crippen LogP contribution in [0.3, 0.4) is 0 Å². The molecule has 2 aliphatic rings. The van der Waals surface area contributed by atoms with Gasteiger partial charge in [-0.25, -0.2) is 0 Å². The normalized spacial score (nSPS) is 16.0. The highest BCUT2D eigenvalue weighted by Crippen LogP contribution is 2.32. The highest BCUT2D eigenvalue weighted by atomic mass is 16.6. The van der Waals surface area contributed by atoms with Gasteiger partial charge in [-0.3, -0.25) is 29.4 Å². The average Bonchev–Trinajstić information content (AvgIpc) is 3.35. The summed E-state index contributed by atoms with van der Waals surface area (Å²) in [7, 11) is 0. The number of fused-ring (bicyclic) bond motifs is 1. The van der Waals surface area contributed by atoms with Crippen LogP contribution in [0.5, 0.6) is 0 Å². The lowest BCUT2D eigenvalue weighted by Gasteiger charge is -2.27. The quantitative estimate of drug-likeness (QED) is 0.0737. The summed E-state index contributed by atoms with van der Waals surface area (Å²) < 4.78 is 43.8. The Morgan fingerprint density at radius 3 is 1.63 bits per heavy atom. The minimum atomic E-state index is -1.01. The van der Waals surface area contributed by atoms with Gasteiger partial charge in [-0.2, -0.15) is 0 Å². The number of piperidine rings is 1. The molecule has 1 unspecified atom stereocenters. The van der Waals surface area contributed by atoms with E-state index in [9.17, 15) is 19.2 Å². The molecule has 0 saturated carbocycles. The van der Waals surface area contributed by atoms with Crippen molar-refractivity contribution in [2.75, 3.05) is 124 Å². The number of carbonyl (C=O) groups excluding carboxylic acids is 4. The first kappa shape index (κ1) is 40.4. The maximum Gasteiger partial charge on any atom is 0.264 e. The fourth-order valence-electron chi connectivity index (χ4n) is 4.91. The standard InChI is InChI=1S/C33H52N4O12/c34-8-1-2-10-42-12-14-44-16-18-46-20-22-48-24-25-49-23-21-47-19-17-45-15-13-43-11-9-35-27-5-3-4-26-30(27)33(41)37(32(26)40)28-6-7-29(38)36-31(28)39/h3-5,28,35H,1-2,6-25,34H2,(H,36,38,39). The number of unbranched alkanes of at least 4 members (excludes halogenated alkanes) is 1. The number of carbonyl (C=O) groups is 4. The molecule has 2 heterocycles. The molecule has 2 aliphatic heterocycles. The van der Waals surface area contributed by atoms with Gasteiger partial charge in [-0.1, -0.05) is 6.07 Å². The summed E-state index contributed by atoms with van der Waals surface area (Å²) in [5.74, 6) is -2.16. The molecule has 16 nitrogen and oxygen atoms in total. The van der Waals surface area contributed by atoms with Gasteiger partial charge in [0.1, 0.15) is 6.04 Å². The maximum atomic E-state index is 13.1. The topological polar surface area (TPSA) is 195 Å². The van der Waals surface area contributed by atoms with E-state index in [-0.39, 0.29) is 24.0 Å². The third-order valence-corrected chi connectivity index (χ3v) is 7.38. The highest BCUT2D eigenvalue weighted by Gasteiger charge is 2.45. The molecule has 4 amide bonds. The SMILES string of the molecule is NCCCCOCCOCCOCCOCCOCCOCCOCCOCCNc1cccc2c1C(=O)N(C1CCC(=O)NC1=O)C2=O. The van der Waals surface area contributed by atoms with E-state index in [2.05, 4.69) is 10.6 Å². The van der Waals surface area contributed by atoms with Crippen molar-refractivity contribution in [2.24, 2.45) is 5.73 Å².